The average Bonchev–Trinajstić information content (AvgIpc) is 3.03. The summed E-state index contributed by atoms with van der Waals surface area (Å²) >= 11 is 0. The first-order valence-corrected chi connectivity index (χ1v) is 8.02. The van der Waals surface area contributed by atoms with Crippen LogP contribution >= 0.6 is 0 Å². The number of fused-ring (bicyclic) bond motifs is 1. The fourth-order valence-corrected chi connectivity index (χ4v) is 3.19. The molecule has 1 saturated carbocycles. The summed E-state index contributed by atoms with van der Waals surface area (Å²) in [5.41, 5.74) is 0.999. The van der Waals surface area contributed by atoms with Crippen molar-refractivity contribution in [2.24, 2.45) is 4.99 Å². The number of amidine groups is 1. The van der Waals surface area contributed by atoms with Crippen LogP contribution in [0.25, 0.3) is 0 Å². The third-order valence-electron chi connectivity index (χ3n) is 4.41. The van der Waals surface area contributed by atoms with E-state index in [9.17, 15) is 5.11 Å². The number of anilines is 2. The maximum atomic E-state index is 9.50. The minimum absolute atomic E-state index is 0.156. The predicted octanol–water partition coefficient (Wildman–Crippen LogP) is 3.09. The Kier molecular flexibility index (Phi) is 3.61. The number of nitrogens with one attached hydrogen (secondary N) is 2. The summed E-state index contributed by atoms with van der Waals surface area (Å²) in [6, 6.07) is 7.29. The summed E-state index contributed by atoms with van der Waals surface area (Å²) in [4.78, 5) is 4.92. The Morgan fingerprint density at radius 1 is 1.04 bits per heavy atom. The van der Waals surface area contributed by atoms with Crippen LogP contribution in [0.4, 0.5) is 11.6 Å². The van der Waals surface area contributed by atoms with E-state index in [1.54, 1.807) is 12.1 Å². The largest absolute Gasteiger partial charge is 0.508 e. The van der Waals surface area contributed by atoms with Crippen molar-refractivity contribution < 1.29 is 9.74 Å². The van der Waals surface area contributed by atoms with Gasteiger partial charge in [-0.25, -0.2) is 4.63 Å². The number of nitrogens with zero attached hydrogens (tertiary/aromatic N) is 3. The molecule has 1 unspecified atom stereocenters. The Hall–Kier alpha value is -2.57. The van der Waals surface area contributed by atoms with Gasteiger partial charge >= 0.3 is 0 Å². The number of hydrogen-bond donors (Lipinski definition) is 3. The number of aromatic nitrogens is 2. The first-order valence-electron chi connectivity index (χ1n) is 8.02. The van der Waals surface area contributed by atoms with E-state index in [1.807, 2.05) is 12.1 Å². The Bertz CT molecular complexity index is 704. The number of hydrogen-bond acceptors (Lipinski definition) is 6. The molecule has 0 bridgehead atoms. The van der Waals surface area contributed by atoms with Gasteiger partial charge in [-0.05, 0) is 40.9 Å². The van der Waals surface area contributed by atoms with Crippen LogP contribution in [0.5, 0.6) is 5.75 Å². The molecular formula is C16H19N5O2. The minimum Gasteiger partial charge on any atom is -0.508 e. The molecule has 0 radical (unpaired) electrons. The molecule has 4 rings (SSSR count). The van der Waals surface area contributed by atoms with E-state index in [4.69, 9.17) is 9.62 Å². The lowest BCUT2D eigenvalue weighted by atomic mass is 9.95. The first kappa shape index (κ1) is 14.0. The van der Waals surface area contributed by atoms with E-state index >= 15 is 0 Å². The molecule has 1 atom stereocenters. The van der Waals surface area contributed by atoms with Crippen molar-refractivity contribution >= 4 is 17.5 Å². The number of phenols is 1. The second-order valence-electron chi connectivity index (χ2n) is 6.06. The molecule has 2 heterocycles. The highest BCUT2D eigenvalue weighted by Gasteiger charge is 2.29. The van der Waals surface area contributed by atoms with Crippen molar-refractivity contribution in [2.45, 2.75) is 44.2 Å². The zero-order chi connectivity index (χ0) is 15.6. The molecule has 0 spiro atoms. The molecule has 1 aliphatic carbocycles. The lowest BCUT2D eigenvalue weighted by molar-refractivity contribution is 0.310. The van der Waals surface area contributed by atoms with Crippen molar-refractivity contribution in [1.82, 2.24) is 10.3 Å². The summed E-state index contributed by atoms with van der Waals surface area (Å²) in [6.07, 6.45) is 6.01. The Morgan fingerprint density at radius 2 is 1.78 bits per heavy atom. The smallest absolute Gasteiger partial charge is 0.220 e. The molecule has 1 fully saturated rings. The molecule has 2 aromatic rings. The molecule has 0 saturated heterocycles. The number of phenolic OH excluding ortho intramolecular Hbond substituents is 1. The van der Waals surface area contributed by atoms with Crippen molar-refractivity contribution in [1.29, 1.82) is 0 Å². The van der Waals surface area contributed by atoms with Crippen molar-refractivity contribution in [3.63, 3.8) is 0 Å². The first-order chi connectivity index (χ1) is 11.3. The minimum atomic E-state index is -0.156. The highest BCUT2D eigenvalue weighted by Crippen LogP contribution is 2.32. The van der Waals surface area contributed by atoms with E-state index in [1.165, 1.54) is 19.3 Å². The van der Waals surface area contributed by atoms with Gasteiger partial charge in [-0.15, -0.1) is 0 Å². The Morgan fingerprint density at radius 3 is 2.57 bits per heavy atom. The van der Waals surface area contributed by atoms with Crippen LogP contribution in [-0.4, -0.2) is 27.3 Å². The highest BCUT2D eigenvalue weighted by molar-refractivity contribution is 6.05. The SMILES string of the molecule is Oc1ccc(C2Nc3nonc3NC2=NC2CCCCC2)cc1. The molecule has 1 aliphatic heterocycles. The standard InChI is InChI=1S/C16H19N5O2/c22-12-8-6-10(7-9-12)13-14(17-11-4-2-1-3-5-11)19-16-15(18-13)20-23-21-16/h6-9,11,13,22H,1-5H2,(H,18,20)(H,17,19,21). The van der Waals surface area contributed by atoms with Gasteiger partial charge < -0.3 is 15.7 Å². The summed E-state index contributed by atoms with van der Waals surface area (Å²) in [7, 11) is 0. The van der Waals surface area contributed by atoms with Crippen molar-refractivity contribution in [3.05, 3.63) is 29.8 Å². The number of aliphatic imine (C=N–C) groups is 1. The van der Waals surface area contributed by atoms with E-state index in [2.05, 4.69) is 20.9 Å². The molecule has 1 aromatic carbocycles. The lowest BCUT2D eigenvalue weighted by Crippen LogP contribution is -2.33. The van der Waals surface area contributed by atoms with Gasteiger partial charge in [-0.1, -0.05) is 31.4 Å². The number of rotatable bonds is 2. The van der Waals surface area contributed by atoms with Crippen LogP contribution in [0.15, 0.2) is 33.9 Å². The van der Waals surface area contributed by atoms with Gasteiger partial charge in [0.2, 0.25) is 11.6 Å². The average molecular weight is 313 g/mol. The molecule has 7 nitrogen and oxygen atoms in total. The second kappa shape index (κ2) is 5.91. The molecule has 3 N–H and O–H groups in total. The van der Waals surface area contributed by atoms with Crippen LogP contribution in [0, 0.1) is 0 Å². The lowest BCUT2D eigenvalue weighted by Gasteiger charge is -2.28. The van der Waals surface area contributed by atoms with E-state index < -0.39 is 0 Å². The van der Waals surface area contributed by atoms with Gasteiger partial charge in [0.15, 0.2) is 0 Å². The zero-order valence-electron chi connectivity index (χ0n) is 12.7. The Labute approximate surface area is 133 Å². The van der Waals surface area contributed by atoms with Gasteiger partial charge in [0.05, 0.1) is 6.04 Å². The molecule has 1 aromatic heterocycles. The van der Waals surface area contributed by atoms with Crippen LogP contribution in [-0.2, 0) is 0 Å². The van der Waals surface area contributed by atoms with Gasteiger partial charge in [0.25, 0.3) is 0 Å². The third-order valence-corrected chi connectivity index (χ3v) is 4.41. The highest BCUT2D eigenvalue weighted by atomic mass is 16.6. The molecule has 7 heteroatoms. The topological polar surface area (TPSA) is 95.6 Å². The fourth-order valence-electron chi connectivity index (χ4n) is 3.19. The molecule has 0 amide bonds. The summed E-state index contributed by atoms with van der Waals surface area (Å²) < 4.78 is 4.79. The van der Waals surface area contributed by atoms with Crippen LogP contribution in [0.1, 0.15) is 43.7 Å². The molecule has 120 valence electrons. The molecule has 23 heavy (non-hydrogen) atoms. The van der Waals surface area contributed by atoms with Crippen molar-refractivity contribution in [3.8, 4) is 5.75 Å². The van der Waals surface area contributed by atoms with E-state index in [-0.39, 0.29) is 11.8 Å². The number of aromatic hydroxyl groups is 1. The zero-order valence-corrected chi connectivity index (χ0v) is 12.7. The number of benzene rings is 1. The second-order valence-corrected chi connectivity index (χ2v) is 6.06. The van der Waals surface area contributed by atoms with Gasteiger partial charge in [-0.3, -0.25) is 4.99 Å². The van der Waals surface area contributed by atoms with Gasteiger partial charge in [0.1, 0.15) is 17.6 Å². The Balaban J connectivity index is 1.67. The molecule has 2 aliphatic rings. The van der Waals surface area contributed by atoms with Crippen LogP contribution in [0.2, 0.25) is 0 Å². The van der Waals surface area contributed by atoms with Gasteiger partial charge in [0, 0.05) is 0 Å². The van der Waals surface area contributed by atoms with Gasteiger partial charge in [-0.2, -0.15) is 0 Å². The summed E-state index contributed by atoms with van der Waals surface area (Å²) in [5, 5.41) is 23.8. The summed E-state index contributed by atoms with van der Waals surface area (Å²) in [6.45, 7) is 0. The van der Waals surface area contributed by atoms with Crippen LogP contribution < -0.4 is 10.6 Å². The van der Waals surface area contributed by atoms with E-state index in [0.29, 0.717) is 17.7 Å². The third kappa shape index (κ3) is 2.86. The van der Waals surface area contributed by atoms with E-state index in [0.717, 1.165) is 24.2 Å². The monoisotopic (exact) mass is 313 g/mol. The van der Waals surface area contributed by atoms with Crippen molar-refractivity contribution in [2.75, 3.05) is 10.6 Å². The summed E-state index contributed by atoms with van der Waals surface area (Å²) in [5.74, 6) is 2.21. The van der Waals surface area contributed by atoms with Crippen LogP contribution in [0.3, 0.4) is 0 Å². The molecular weight excluding hydrogens is 294 g/mol. The normalized spacial score (nSPS) is 23.1. The predicted molar refractivity (Wildman–Crippen MR) is 86.7 cm³/mol. The quantitative estimate of drug-likeness (QED) is 0.788. The fraction of sp³-hybridized carbons (Fsp3) is 0.438. The maximum absolute atomic E-state index is 9.50. The maximum Gasteiger partial charge on any atom is 0.220 e.